The number of amides is 2. The molecule has 3 aliphatic rings. The van der Waals surface area contributed by atoms with E-state index in [-0.39, 0.29) is 25.4 Å². The Kier molecular flexibility index (Phi) is 6.92. The van der Waals surface area contributed by atoms with Crippen LogP contribution >= 0.6 is 0 Å². The van der Waals surface area contributed by atoms with Crippen molar-refractivity contribution in [3.05, 3.63) is 64.9 Å². The number of aliphatic hydroxyl groups excluding tert-OH is 1. The first kappa shape index (κ1) is 26.3. The number of hydrogen-bond acceptors (Lipinski definition) is 7. The van der Waals surface area contributed by atoms with Crippen LogP contribution in [0.15, 0.2) is 35.6 Å². The van der Waals surface area contributed by atoms with Crippen molar-refractivity contribution in [3.8, 4) is 17.0 Å². The van der Waals surface area contributed by atoms with Gasteiger partial charge in [-0.25, -0.2) is 23.0 Å². The molecule has 3 aliphatic heterocycles. The molecule has 5 heterocycles. The molecule has 1 N–H and O–H groups in total. The van der Waals surface area contributed by atoms with Crippen LogP contribution in [0, 0.1) is 30.3 Å². The Morgan fingerprint density at radius 1 is 1.15 bits per heavy atom. The number of aliphatic hydroxyl groups is 1. The third-order valence-electron chi connectivity index (χ3n) is 7.35. The van der Waals surface area contributed by atoms with E-state index in [2.05, 4.69) is 15.2 Å². The van der Waals surface area contributed by atoms with Gasteiger partial charge in [-0.3, -0.25) is 9.67 Å². The van der Waals surface area contributed by atoms with E-state index in [9.17, 15) is 23.1 Å². The zero-order chi connectivity index (χ0) is 28.0. The van der Waals surface area contributed by atoms with Crippen molar-refractivity contribution in [2.45, 2.75) is 38.6 Å². The van der Waals surface area contributed by atoms with Gasteiger partial charge in [0.2, 0.25) is 0 Å². The van der Waals surface area contributed by atoms with E-state index >= 15 is 0 Å². The monoisotopic (exact) mass is 556 g/mol. The van der Waals surface area contributed by atoms with Gasteiger partial charge in [-0.15, -0.1) is 0 Å². The fourth-order valence-corrected chi connectivity index (χ4v) is 5.15. The zero-order valence-corrected chi connectivity index (χ0v) is 21.6. The lowest BCUT2D eigenvalue weighted by Crippen LogP contribution is -2.58. The number of hydrogen-bond donors (Lipinski definition) is 1. The van der Waals surface area contributed by atoms with E-state index in [1.165, 1.54) is 34.3 Å². The minimum atomic E-state index is -0.730. The highest BCUT2D eigenvalue weighted by atomic mass is 19.1. The minimum Gasteiger partial charge on any atom is -0.483 e. The molecule has 40 heavy (non-hydrogen) atoms. The van der Waals surface area contributed by atoms with Crippen molar-refractivity contribution in [2.75, 3.05) is 26.3 Å². The predicted molar refractivity (Wildman–Crippen MR) is 136 cm³/mol. The van der Waals surface area contributed by atoms with Gasteiger partial charge < -0.3 is 19.5 Å². The highest BCUT2D eigenvalue weighted by molar-refractivity contribution is 5.79. The molecule has 0 saturated carbocycles. The number of benzene rings is 1. The molecule has 3 aromatic rings. The second-order valence-corrected chi connectivity index (χ2v) is 10.2. The SMILES string of the molecule is Cc1c(-c2cc(OC3CN(C(=O)N4N=CCC4c4cc(F)cc(F)c4)C3)c(F)cn2)c(CO)nn1CC1COC1. The van der Waals surface area contributed by atoms with Gasteiger partial charge in [-0.2, -0.15) is 10.2 Å². The molecule has 2 fully saturated rings. The van der Waals surface area contributed by atoms with Gasteiger partial charge in [-0.05, 0) is 24.6 Å². The lowest BCUT2D eigenvalue weighted by molar-refractivity contribution is -0.0411. The molecular formula is C27H27F3N6O4. The Labute approximate surface area is 227 Å². The summed E-state index contributed by atoms with van der Waals surface area (Å²) in [4.78, 5) is 18.8. The smallest absolute Gasteiger partial charge is 0.341 e. The van der Waals surface area contributed by atoms with Crippen LogP contribution < -0.4 is 4.74 Å². The van der Waals surface area contributed by atoms with Gasteiger partial charge in [0.1, 0.15) is 17.7 Å². The van der Waals surface area contributed by atoms with E-state index < -0.39 is 35.6 Å². The minimum absolute atomic E-state index is 0.0298. The van der Waals surface area contributed by atoms with E-state index in [1.807, 2.05) is 6.92 Å². The first-order valence-corrected chi connectivity index (χ1v) is 12.9. The molecule has 0 aliphatic carbocycles. The second-order valence-electron chi connectivity index (χ2n) is 10.2. The third-order valence-corrected chi connectivity index (χ3v) is 7.35. The Bertz CT molecular complexity index is 1450. The van der Waals surface area contributed by atoms with Crippen LogP contribution in [0.1, 0.15) is 29.4 Å². The van der Waals surface area contributed by atoms with Crippen molar-refractivity contribution in [1.29, 1.82) is 0 Å². The van der Waals surface area contributed by atoms with Crippen LogP contribution in [-0.4, -0.2) is 74.4 Å². The number of pyridine rings is 1. The van der Waals surface area contributed by atoms with Crippen LogP contribution in [0.4, 0.5) is 18.0 Å². The number of nitrogens with zero attached hydrogens (tertiary/aromatic N) is 6. The molecule has 210 valence electrons. The lowest BCUT2D eigenvalue weighted by atomic mass is 10.0. The van der Waals surface area contributed by atoms with E-state index in [1.54, 1.807) is 4.68 Å². The molecule has 6 rings (SSSR count). The summed E-state index contributed by atoms with van der Waals surface area (Å²) in [5.74, 6) is -1.80. The molecule has 10 nitrogen and oxygen atoms in total. The average molecular weight is 557 g/mol. The number of carbonyl (C=O) groups is 1. The van der Waals surface area contributed by atoms with Gasteiger partial charge in [0.25, 0.3) is 0 Å². The fourth-order valence-electron chi connectivity index (χ4n) is 5.15. The Morgan fingerprint density at radius 3 is 2.58 bits per heavy atom. The largest absolute Gasteiger partial charge is 0.483 e. The second kappa shape index (κ2) is 10.5. The van der Waals surface area contributed by atoms with Crippen molar-refractivity contribution in [2.24, 2.45) is 11.0 Å². The maximum atomic E-state index is 14.7. The number of aromatic nitrogens is 3. The van der Waals surface area contributed by atoms with Crippen LogP contribution in [-0.2, 0) is 17.9 Å². The number of ether oxygens (including phenoxy) is 2. The van der Waals surface area contributed by atoms with Crippen molar-refractivity contribution in [1.82, 2.24) is 24.7 Å². The number of hydrazone groups is 1. The van der Waals surface area contributed by atoms with Crippen LogP contribution in [0.2, 0.25) is 0 Å². The van der Waals surface area contributed by atoms with Gasteiger partial charge in [0.05, 0.1) is 56.5 Å². The van der Waals surface area contributed by atoms with Gasteiger partial charge in [-0.1, -0.05) is 0 Å². The summed E-state index contributed by atoms with van der Waals surface area (Å²) in [5.41, 5.74) is 2.56. The number of halogens is 3. The Morgan fingerprint density at radius 2 is 1.90 bits per heavy atom. The third kappa shape index (κ3) is 4.90. The van der Waals surface area contributed by atoms with Crippen molar-refractivity contribution >= 4 is 12.2 Å². The standard InChI is InChI=1S/C27H27F3N6O4/c1-15-26(23(12-37)33-35(15)9-16-13-39-14-16)22-7-25(21(30)8-31-22)40-20-10-34(11-20)27(38)36-24(2-3-32-36)17-4-18(28)6-19(29)5-17/h3-8,16,20,24,37H,2,9-14H2,1H3. The fraction of sp³-hybridized carbons (Fsp3) is 0.407. The summed E-state index contributed by atoms with van der Waals surface area (Å²) in [5, 5.41) is 19.7. The van der Waals surface area contributed by atoms with Gasteiger partial charge >= 0.3 is 6.03 Å². The topological polar surface area (TPSA) is 105 Å². The van der Waals surface area contributed by atoms with Crippen LogP contribution in [0.3, 0.4) is 0 Å². The molecule has 2 aromatic heterocycles. The first-order valence-electron chi connectivity index (χ1n) is 12.9. The van der Waals surface area contributed by atoms with Gasteiger partial charge in [0.15, 0.2) is 11.6 Å². The highest BCUT2D eigenvalue weighted by Gasteiger charge is 2.39. The van der Waals surface area contributed by atoms with Gasteiger partial charge in [0, 0.05) is 48.5 Å². The molecule has 1 atom stereocenters. The summed E-state index contributed by atoms with van der Waals surface area (Å²) >= 11 is 0. The molecule has 1 aromatic carbocycles. The Balaban J connectivity index is 1.13. The quantitative estimate of drug-likeness (QED) is 0.478. The van der Waals surface area contributed by atoms with E-state index in [0.717, 1.165) is 18.0 Å². The zero-order valence-electron chi connectivity index (χ0n) is 21.6. The normalized spacial score (nSPS) is 19.2. The maximum Gasteiger partial charge on any atom is 0.341 e. The molecule has 0 spiro atoms. The number of urea groups is 1. The molecule has 1 unspecified atom stereocenters. The molecular weight excluding hydrogens is 529 g/mol. The van der Waals surface area contributed by atoms with Crippen LogP contribution in [0.5, 0.6) is 5.75 Å². The number of rotatable bonds is 7. The summed E-state index contributed by atoms with van der Waals surface area (Å²) in [7, 11) is 0. The highest BCUT2D eigenvalue weighted by Crippen LogP contribution is 2.34. The van der Waals surface area contributed by atoms with Crippen molar-refractivity contribution in [3.63, 3.8) is 0 Å². The molecule has 2 saturated heterocycles. The van der Waals surface area contributed by atoms with Crippen molar-refractivity contribution < 1.29 is 32.5 Å². The van der Waals surface area contributed by atoms with E-state index in [4.69, 9.17) is 9.47 Å². The lowest BCUT2D eigenvalue weighted by Gasteiger charge is -2.41. The summed E-state index contributed by atoms with van der Waals surface area (Å²) in [6.07, 6.45) is 2.43. The molecule has 0 bridgehead atoms. The first-order chi connectivity index (χ1) is 19.3. The van der Waals surface area contributed by atoms with E-state index in [0.29, 0.717) is 54.6 Å². The number of carbonyl (C=O) groups excluding carboxylic acids is 1. The summed E-state index contributed by atoms with van der Waals surface area (Å²) < 4.78 is 55.1. The summed E-state index contributed by atoms with van der Waals surface area (Å²) in [6, 6.07) is 3.55. The Hall–Kier alpha value is -3.97. The van der Waals surface area contributed by atoms with Crippen LogP contribution in [0.25, 0.3) is 11.3 Å². The average Bonchev–Trinajstić information content (AvgIpc) is 3.48. The maximum absolute atomic E-state index is 14.7. The number of likely N-dealkylation sites (tertiary alicyclic amines) is 1. The molecule has 0 radical (unpaired) electrons. The summed E-state index contributed by atoms with van der Waals surface area (Å²) in [6.45, 7) is 3.88. The molecule has 13 heteroatoms. The predicted octanol–water partition coefficient (Wildman–Crippen LogP) is 3.43. The molecule has 2 amide bonds.